The minimum absolute atomic E-state index is 0.434. The molecule has 0 aliphatic rings. The van der Waals surface area contributed by atoms with Crippen LogP contribution in [0.5, 0.6) is 0 Å². The molecule has 1 atom stereocenters. The van der Waals surface area contributed by atoms with Crippen molar-refractivity contribution in [2.75, 3.05) is 0 Å². The van der Waals surface area contributed by atoms with Crippen molar-refractivity contribution >= 4 is 51.2 Å². The lowest BCUT2D eigenvalue weighted by Gasteiger charge is -1.99. The van der Waals surface area contributed by atoms with Gasteiger partial charge in [0.2, 0.25) is 0 Å². The Kier molecular flexibility index (Phi) is 2.91. The first kappa shape index (κ1) is 10.5. The third kappa shape index (κ3) is 1.61. The quantitative estimate of drug-likeness (QED) is 0.455. The number of aryl methyl sites for hydroxylation is 2. The van der Waals surface area contributed by atoms with Gasteiger partial charge in [0.25, 0.3) is 0 Å². The smallest absolute Gasteiger partial charge is 0.169 e. The maximum atomic E-state index is 5.98. The fourth-order valence-corrected chi connectivity index (χ4v) is 3.63. The summed E-state index contributed by atoms with van der Waals surface area (Å²) in [4.78, 5) is 12.7. The highest BCUT2D eigenvalue weighted by Crippen LogP contribution is 2.31. The third-order valence-electron chi connectivity index (χ3n) is 1.83. The highest BCUT2D eigenvalue weighted by atomic mass is 127. The first-order valence-corrected chi connectivity index (χ1v) is 8.33. The van der Waals surface area contributed by atoms with E-state index < -0.39 is 0 Å². The lowest BCUT2D eigenvalue weighted by molar-refractivity contribution is 1.06. The van der Waals surface area contributed by atoms with Crippen molar-refractivity contribution in [1.82, 2.24) is 19.3 Å². The Morgan fingerprint density at radius 1 is 1.29 bits per heavy atom. The Labute approximate surface area is 101 Å². The Morgan fingerprint density at radius 3 is 2.64 bits per heavy atom. The molecule has 4 nitrogen and oxygen atoms in total. The van der Waals surface area contributed by atoms with Gasteiger partial charge in [0, 0.05) is 0 Å². The summed E-state index contributed by atoms with van der Waals surface area (Å²) >= 11 is 8.27. The second kappa shape index (κ2) is 3.87. The van der Waals surface area contributed by atoms with Crippen LogP contribution in [0, 0.1) is 13.8 Å². The van der Waals surface area contributed by atoms with Gasteiger partial charge in [0.1, 0.15) is 17.2 Å². The van der Waals surface area contributed by atoms with Gasteiger partial charge in [-0.05, 0) is 35.9 Å². The summed E-state index contributed by atoms with van der Waals surface area (Å²) in [6.45, 7) is 3.77. The summed E-state index contributed by atoms with van der Waals surface area (Å²) in [5.41, 5.74) is 1.52. The number of nitrogens with zero attached hydrogens (tertiary/aromatic N) is 4. The minimum atomic E-state index is 0.434. The van der Waals surface area contributed by atoms with Crippen molar-refractivity contribution < 1.29 is 0 Å². The lowest BCUT2D eigenvalue weighted by Crippen LogP contribution is -1.92. The molecule has 2 heterocycles. The van der Waals surface area contributed by atoms with Gasteiger partial charge in [-0.3, -0.25) is 4.34 Å². The molecule has 0 saturated carbocycles. The molecule has 0 aliphatic heterocycles. The summed E-state index contributed by atoms with van der Waals surface area (Å²) in [5, 5.41) is 0.434. The number of rotatable bonds is 1. The second-order valence-corrected chi connectivity index (χ2v) is 5.23. The summed E-state index contributed by atoms with van der Waals surface area (Å²) in [5.74, 6) is 1.60. The molecule has 0 N–H and O–H groups in total. The van der Waals surface area contributed by atoms with Gasteiger partial charge < -0.3 is 0 Å². The largest absolute Gasteiger partial charge is 0.284 e. The van der Waals surface area contributed by atoms with Crippen molar-refractivity contribution in [2.45, 2.75) is 13.8 Å². The summed E-state index contributed by atoms with van der Waals surface area (Å²) in [7, 11) is 0. The SMILES string of the molecule is Cc1nc(Cl)c2nc(C)n(PI)c2n1. The highest BCUT2D eigenvalue weighted by molar-refractivity contribution is 14.2. The van der Waals surface area contributed by atoms with E-state index in [1.165, 1.54) is 0 Å². The summed E-state index contributed by atoms with van der Waals surface area (Å²) in [6.07, 6.45) is 0.575. The van der Waals surface area contributed by atoms with E-state index >= 15 is 0 Å². The number of aromatic nitrogens is 4. The van der Waals surface area contributed by atoms with E-state index in [1.54, 1.807) is 0 Å². The van der Waals surface area contributed by atoms with E-state index in [2.05, 4.69) is 37.0 Å². The van der Waals surface area contributed by atoms with Crippen LogP contribution in [0.2, 0.25) is 5.15 Å². The number of hydrogen-bond acceptors (Lipinski definition) is 3. The van der Waals surface area contributed by atoms with Crippen LogP contribution in [-0.2, 0) is 0 Å². The standard InChI is InChI=1S/C7H7ClIN4P/c1-3-10-6(8)5-7(11-3)13(14-9)4(2)12-5/h14H,1-2H3. The van der Waals surface area contributed by atoms with Crippen molar-refractivity contribution in [1.29, 1.82) is 0 Å². The van der Waals surface area contributed by atoms with E-state index in [0.717, 1.165) is 11.5 Å². The van der Waals surface area contributed by atoms with Crippen LogP contribution in [-0.4, -0.2) is 19.3 Å². The number of imidazole rings is 1. The zero-order valence-electron chi connectivity index (χ0n) is 7.54. The molecule has 0 amide bonds. The van der Waals surface area contributed by atoms with E-state index in [9.17, 15) is 0 Å². The van der Waals surface area contributed by atoms with Crippen molar-refractivity contribution in [2.24, 2.45) is 0 Å². The normalized spacial score (nSPS) is 12.0. The van der Waals surface area contributed by atoms with Crippen molar-refractivity contribution in [3.63, 3.8) is 0 Å². The molecule has 0 bridgehead atoms. The van der Waals surface area contributed by atoms with Crippen LogP contribution in [0.4, 0.5) is 0 Å². The van der Waals surface area contributed by atoms with E-state index in [1.807, 2.05) is 18.2 Å². The molecule has 0 radical (unpaired) electrons. The van der Waals surface area contributed by atoms with E-state index in [4.69, 9.17) is 11.6 Å². The van der Waals surface area contributed by atoms with Gasteiger partial charge in [-0.25, -0.2) is 15.0 Å². The monoisotopic (exact) mass is 340 g/mol. The molecule has 0 aromatic carbocycles. The molecular formula is C7H7ClIN4P. The second-order valence-electron chi connectivity index (χ2n) is 2.81. The number of hydrogen-bond donors (Lipinski definition) is 0. The molecule has 2 aromatic heterocycles. The zero-order chi connectivity index (χ0) is 10.3. The van der Waals surface area contributed by atoms with Crippen LogP contribution in [0.15, 0.2) is 0 Å². The summed E-state index contributed by atoms with van der Waals surface area (Å²) < 4.78 is 2.04. The average Bonchev–Trinajstić information content (AvgIpc) is 2.41. The van der Waals surface area contributed by atoms with Gasteiger partial charge in [-0.1, -0.05) is 11.6 Å². The van der Waals surface area contributed by atoms with Crippen LogP contribution in [0.25, 0.3) is 11.2 Å². The van der Waals surface area contributed by atoms with E-state index in [0.29, 0.717) is 22.9 Å². The first-order valence-electron chi connectivity index (χ1n) is 3.89. The fourth-order valence-electron chi connectivity index (χ4n) is 1.24. The zero-order valence-corrected chi connectivity index (χ0v) is 11.5. The number of halogens is 2. The fraction of sp³-hybridized carbons (Fsp3) is 0.286. The molecule has 14 heavy (non-hydrogen) atoms. The molecule has 0 aliphatic carbocycles. The maximum absolute atomic E-state index is 5.98. The highest BCUT2D eigenvalue weighted by Gasteiger charge is 2.12. The Balaban J connectivity index is 2.87. The molecule has 0 fully saturated rings. The number of fused-ring (bicyclic) bond motifs is 1. The van der Waals surface area contributed by atoms with Crippen molar-refractivity contribution in [3.05, 3.63) is 16.8 Å². The van der Waals surface area contributed by atoms with Gasteiger partial charge >= 0.3 is 0 Å². The Hall–Kier alpha value is -0.000000000000000111. The van der Waals surface area contributed by atoms with Crippen LogP contribution in [0.1, 0.15) is 11.6 Å². The van der Waals surface area contributed by atoms with Gasteiger partial charge in [0.05, 0.1) is 6.37 Å². The Bertz CT molecular complexity index is 498. The lowest BCUT2D eigenvalue weighted by atomic mass is 10.5. The molecule has 2 aromatic rings. The van der Waals surface area contributed by atoms with Gasteiger partial charge in [-0.15, -0.1) is 0 Å². The average molecular weight is 340 g/mol. The minimum Gasteiger partial charge on any atom is -0.284 e. The topological polar surface area (TPSA) is 43.6 Å². The van der Waals surface area contributed by atoms with Gasteiger partial charge in [-0.2, -0.15) is 0 Å². The molecule has 7 heteroatoms. The van der Waals surface area contributed by atoms with E-state index in [-0.39, 0.29) is 0 Å². The maximum Gasteiger partial charge on any atom is 0.169 e. The first-order chi connectivity index (χ1) is 6.63. The van der Waals surface area contributed by atoms with Gasteiger partial charge in [0.15, 0.2) is 10.8 Å². The van der Waals surface area contributed by atoms with Crippen LogP contribution < -0.4 is 0 Å². The molecule has 0 saturated heterocycles. The Morgan fingerprint density at radius 2 is 2.00 bits per heavy atom. The molecular weight excluding hydrogens is 333 g/mol. The van der Waals surface area contributed by atoms with Crippen LogP contribution >= 0.6 is 40.0 Å². The molecule has 0 spiro atoms. The van der Waals surface area contributed by atoms with Crippen LogP contribution in [0.3, 0.4) is 0 Å². The summed E-state index contributed by atoms with van der Waals surface area (Å²) in [6, 6.07) is 0. The van der Waals surface area contributed by atoms with Crippen molar-refractivity contribution in [3.8, 4) is 0 Å². The third-order valence-corrected chi connectivity index (χ3v) is 4.24. The predicted octanol–water partition coefficient (Wildman–Crippen LogP) is 2.89. The molecule has 74 valence electrons. The molecule has 1 unspecified atom stereocenters. The molecule has 2 rings (SSSR count). The predicted molar refractivity (Wildman–Crippen MR) is 67.5 cm³/mol.